The summed E-state index contributed by atoms with van der Waals surface area (Å²) >= 11 is 1.29. The fourth-order valence-corrected chi connectivity index (χ4v) is 3.07. The minimum Gasteiger partial charge on any atom is -0.382 e. The molecule has 1 aliphatic rings. The van der Waals surface area contributed by atoms with Crippen molar-refractivity contribution in [3.63, 3.8) is 0 Å². The standard InChI is InChI=1S/C12H18N4S/c1-8-3-2-4-9(6-5-8)15-12-10(7-13)11(14)16-17-12/h8-9,15H,2-6H2,1H3,(H2,14,16). The van der Waals surface area contributed by atoms with Gasteiger partial charge in [-0.05, 0) is 36.7 Å². The van der Waals surface area contributed by atoms with Gasteiger partial charge in [-0.2, -0.15) is 9.64 Å². The molecule has 1 saturated carbocycles. The molecule has 2 unspecified atom stereocenters. The molecule has 0 spiro atoms. The maximum atomic E-state index is 9.01. The van der Waals surface area contributed by atoms with Crippen LogP contribution < -0.4 is 11.1 Å². The van der Waals surface area contributed by atoms with E-state index in [1.807, 2.05) is 0 Å². The Morgan fingerprint density at radius 2 is 2.24 bits per heavy atom. The number of nitriles is 1. The number of hydrogen-bond acceptors (Lipinski definition) is 5. The second-order valence-corrected chi connectivity index (χ2v) is 5.61. The second-order valence-electron chi connectivity index (χ2n) is 4.84. The molecule has 0 saturated heterocycles. The van der Waals surface area contributed by atoms with E-state index in [9.17, 15) is 0 Å². The smallest absolute Gasteiger partial charge is 0.157 e. The number of nitrogens with two attached hydrogens (primary N) is 1. The zero-order valence-electron chi connectivity index (χ0n) is 10.1. The van der Waals surface area contributed by atoms with E-state index < -0.39 is 0 Å². The van der Waals surface area contributed by atoms with Gasteiger partial charge in [0.2, 0.25) is 0 Å². The average molecular weight is 250 g/mol. The van der Waals surface area contributed by atoms with Crippen LogP contribution in [0.5, 0.6) is 0 Å². The van der Waals surface area contributed by atoms with Crippen molar-refractivity contribution in [1.29, 1.82) is 5.26 Å². The molecule has 0 aromatic carbocycles. The van der Waals surface area contributed by atoms with Crippen LogP contribution in [0.4, 0.5) is 10.8 Å². The van der Waals surface area contributed by atoms with Crippen LogP contribution in [0.15, 0.2) is 0 Å². The van der Waals surface area contributed by atoms with Gasteiger partial charge >= 0.3 is 0 Å². The molecular formula is C12H18N4S. The molecular weight excluding hydrogens is 232 g/mol. The van der Waals surface area contributed by atoms with E-state index in [0.29, 0.717) is 17.4 Å². The molecule has 0 bridgehead atoms. The molecule has 0 amide bonds. The van der Waals surface area contributed by atoms with Crippen LogP contribution in [-0.2, 0) is 0 Å². The van der Waals surface area contributed by atoms with Gasteiger partial charge < -0.3 is 11.1 Å². The molecule has 0 radical (unpaired) electrons. The van der Waals surface area contributed by atoms with Crippen LogP contribution in [0.25, 0.3) is 0 Å². The van der Waals surface area contributed by atoms with Gasteiger partial charge in [0, 0.05) is 6.04 Å². The highest BCUT2D eigenvalue weighted by molar-refractivity contribution is 7.10. The Hall–Kier alpha value is -1.28. The van der Waals surface area contributed by atoms with Crippen molar-refractivity contribution in [3.05, 3.63) is 5.56 Å². The van der Waals surface area contributed by atoms with Gasteiger partial charge in [-0.15, -0.1) is 0 Å². The topological polar surface area (TPSA) is 74.7 Å². The summed E-state index contributed by atoms with van der Waals surface area (Å²) in [5, 5.41) is 13.3. The lowest BCUT2D eigenvalue weighted by Crippen LogP contribution is -2.18. The zero-order chi connectivity index (χ0) is 12.3. The first-order chi connectivity index (χ1) is 8.20. The van der Waals surface area contributed by atoms with Gasteiger partial charge in [-0.1, -0.05) is 19.8 Å². The van der Waals surface area contributed by atoms with Crippen molar-refractivity contribution in [1.82, 2.24) is 4.37 Å². The lowest BCUT2D eigenvalue weighted by Gasteiger charge is -2.16. The maximum absolute atomic E-state index is 9.01. The summed E-state index contributed by atoms with van der Waals surface area (Å²) in [6.07, 6.45) is 6.17. The summed E-state index contributed by atoms with van der Waals surface area (Å²) in [4.78, 5) is 0. The van der Waals surface area contributed by atoms with E-state index in [2.05, 4.69) is 22.7 Å². The van der Waals surface area contributed by atoms with E-state index in [1.54, 1.807) is 0 Å². The van der Waals surface area contributed by atoms with Crippen LogP contribution >= 0.6 is 11.5 Å². The Labute approximate surface area is 106 Å². The summed E-state index contributed by atoms with van der Waals surface area (Å²) in [7, 11) is 0. The normalized spacial score (nSPS) is 24.9. The third-order valence-corrected chi connectivity index (χ3v) is 4.22. The van der Waals surface area contributed by atoms with Gasteiger partial charge in [0.25, 0.3) is 0 Å². The predicted molar refractivity (Wildman–Crippen MR) is 70.9 cm³/mol. The van der Waals surface area contributed by atoms with Crippen molar-refractivity contribution in [2.45, 2.75) is 45.1 Å². The zero-order valence-corrected chi connectivity index (χ0v) is 10.9. The fourth-order valence-electron chi connectivity index (χ4n) is 2.33. The number of rotatable bonds is 2. The molecule has 1 heterocycles. The Morgan fingerprint density at radius 1 is 1.41 bits per heavy atom. The third-order valence-electron chi connectivity index (χ3n) is 3.42. The van der Waals surface area contributed by atoms with E-state index in [-0.39, 0.29) is 0 Å². The molecule has 1 aromatic rings. The summed E-state index contributed by atoms with van der Waals surface area (Å²) in [5.74, 6) is 1.17. The Balaban J connectivity index is 2.03. The first kappa shape index (κ1) is 12.2. The molecule has 92 valence electrons. The lowest BCUT2D eigenvalue weighted by molar-refractivity contribution is 0.502. The Kier molecular flexibility index (Phi) is 3.85. The van der Waals surface area contributed by atoms with Crippen LogP contribution in [0.1, 0.15) is 44.6 Å². The van der Waals surface area contributed by atoms with Gasteiger partial charge in [-0.3, -0.25) is 0 Å². The minimum atomic E-state index is 0.349. The number of anilines is 2. The number of hydrogen-bond donors (Lipinski definition) is 2. The quantitative estimate of drug-likeness (QED) is 0.791. The van der Waals surface area contributed by atoms with Crippen LogP contribution in [0, 0.1) is 17.2 Å². The Morgan fingerprint density at radius 3 is 3.00 bits per heavy atom. The van der Waals surface area contributed by atoms with Crippen molar-refractivity contribution in [2.24, 2.45) is 5.92 Å². The summed E-state index contributed by atoms with van der Waals surface area (Å²) in [6.45, 7) is 2.31. The van der Waals surface area contributed by atoms with E-state index in [4.69, 9.17) is 11.0 Å². The molecule has 17 heavy (non-hydrogen) atoms. The van der Waals surface area contributed by atoms with E-state index >= 15 is 0 Å². The molecule has 5 heteroatoms. The van der Waals surface area contributed by atoms with Crippen LogP contribution in [-0.4, -0.2) is 10.4 Å². The summed E-state index contributed by atoms with van der Waals surface area (Å²) < 4.78 is 4.03. The van der Waals surface area contributed by atoms with Gasteiger partial charge in [0.15, 0.2) is 5.82 Å². The molecule has 4 nitrogen and oxygen atoms in total. The largest absolute Gasteiger partial charge is 0.382 e. The van der Waals surface area contributed by atoms with Crippen LogP contribution in [0.2, 0.25) is 0 Å². The van der Waals surface area contributed by atoms with Crippen LogP contribution in [0.3, 0.4) is 0 Å². The first-order valence-electron chi connectivity index (χ1n) is 6.12. The molecule has 3 N–H and O–H groups in total. The molecule has 1 fully saturated rings. The van der Waals surface area contributed by atoms with Crippen molar-refractivity contribution in [3.8, 4) is 6.07 Å². The number of aromatic nitrogens is 1. The first-order valence-corrected chi connectivity index (χ1v) is 6.90. The average Bonchev–Trinajstić information content (AvgIpc) is 2.52. The highest BCUT2D eigenvalue weighted by Crippen LogP contribution is 2.30. The van der Waals surface area contributed by atoms with Gasteiger partial charge in [-0.25, -0.2) is 0 Å². The van der Waals surface area contributed by atoms with Gasteiger partial charge in [0.1, 0.15) is 16.6 Å². The fraction of sp³-hybridized carbons (Fsp3) is 0.667. The van der Waals surface area contributed by atoms with E-state index in [1.165, 1.54) is 43.6 Å². The monoisotopic (exact) mass is 250 g/mol. The van der Waals surface area contributed by atoms with Crippen molar-refractivity contribution in [2.75, 3.05) is 11.1 Å². The number of nitrogens with one attached hydrogen (secondary N) is 1. The Bertz CT molecular complexity index is 421. The lowest BCUT2D eigenvalue weighted by atomic mass is 10.0. The minimum absolute atomic E-state index is 0.349. The molecule has 2 rings (SSSR count). The van der Waals surface area contributed by atoms with Crippen molar-refractivity contribution < 1.29 is 0 Å². The maximum Gasteiger partial charge on any atom is 0.157 e. The highest BCUT2D eigenvalue weighted by atomic mass is 32.1. The second kappa shape index (κ2) is 5.37. The van der Waals surface area contributed by atoms with Crippen molar-refractivity contribution >= 4 is 22.4 Å². The van der Waals surface area contributed by atoms with Gasteiger partial charge in [0.05, 0.1) is 0 Å². The van der Waals surface area contributed by atoms with E-state index in [0.717, 1.165) is 10.9 Å². The molecule has 0 aliphatic heterocycles. The highest BCUT2D eigenvalue weighted by Gasteiger charge is 2.19. The molecule has 1 aromatic heterocycles. The molecule has 1 aliphatic carbocycles. The molecule has 2 atom stereocenters. The number of nitrogen functional groups attached to an aromatic ring is 1. The predicted octanol–water partition coefficient (Wildman–Crippen LogP) is 2.98. The SMILES string of the molecule is CC1CCCC(Nc2snc(N)c2C#N)CC1. The summed E-state index contributed by atoms with van der Waals surface area (Å²) in [6, 6.07) is 2.58. The number of nitrogens with zero attached hydrogens (tertiary/aromatic N) is 2. The third kappa shape index (κ3) is 2.89. The summed E-state index contributed by atoms with van der Waals surface area (Å²) in [5.41, 5.74) is 6.15.